The van der Waals surface area contributed by atoms with Crippen LogP contribution in [0.25, 0.3) is 33.4 Å². The van der Waals surface area contributed by atoms with Gasteiger partial charge in [0.2, 0.25) is 23.3 Å². The van der Waals surface area contributed by atoms with Crippen LogP contribution in [0, 0.1) is 58.2 Å². The summed E-state index contributed by atoms with van der Waals surface area (Å²) in [6, 6.07) is 14.7. The van der Waals surface area contributed by atoms with Crippen molar-refractivity contribution in [3.05, 3.63) is 217 Å². The lowest BCUT2D eigenvalue weighted by Crippen LogP contribution is -2.02. The van der Waals surface area contributed by atoms with Gasteiger partial charge in [-0.1, -0.05) is 99.1 Å². The van der Waals surface area contributed by atoms with Gasteiger partial charge < -0.3 is 28.4 Å². The van der Waals surface area contributed by atoms with Crippen molar-refractivity contribution in [3.8, 4) is 67.9 Å². The lowest BCUT2D eigenvalue weighted by molar-refractivity contribution is 0.331. The molecule has 0 aliphatic carbocycles. The summed E-state index contributed by atoms with van der Waals surface area (Å²) in [7, 11) is 0. The van der Waals surface area contributed by atoms with E-state index in [1.807, 2.05) is 0 Å². The summed E-state index contributed by atoms with van der Waals surface area (Å²) in [5, 5.41) is -0.684. The Morgan fingerprint density at radius 1 is 0.264 bits per heavy atom. The summed E-state index contributed by atoms with van der Waals surface area (Å²) in [5.41, 5.74) is -1.48. The molecular formula is C54H42Cl2F10O6. The molecule has 18 heteroatoms. The minimum Gasteiger partial charge on any atom is -0.488 e. The first-order chi connectivity index (χ1) is 34.5. The standard InChI is InChI=1S/2C18H14ClF3O2.C18H14F4O2/c1-3-9-23-13-7-5-11(16(20)15(13)19)12-6-8-14(24-10-4-2)18(22)17(12)21;2*1-3-9-23-13-7-5-11(15(19)17(13)21)12-6-8-14(24-10-4-2)18(22)16(12)20/h3*3-8H,1-2,9-10H2. The number of benzene rings is 6. The molecule has 6 rings (SSSR count). The molecule has 0 atom stereocenters. The van der Waals surface area contributed by atoms with Gasteiger partial charge in [0.1, 0.15) is 50.4 Å². The molecule has 0 aliphatic heterocycles. The van der Waals surface area contributed by atoms with Gasteiger partial charge in [-0.05, 0) is 72.8 Å². The van der Waals surface area contributed by atoms with E-state index in [0.29, 0.717) is 0 Å². The highest BCUT2D eigenvalue weighted by Crippen LogP contribution is 2.40. The van der Waals surface area contributed by atoms with Gasteiger partial charge in [-0.25, -0.2) is 26.3 Å². The summed E-state index contributed by atoms with van der Waals surface area (Å²) in [5.74, 6) is -13.1. The van der Waals surface area contributed by atoms with E-state index in [1.54, 1.807) is 0 Å². The number of hydrogen-bond donors (Lipinski definition) is 0. The molecule has 0 saturated carbocycles. The largest absolute Gasteiger partial charge is 0.488 e. The summed E-state index contributed by atoms with van der Waals surface area (Å²) >= 11 is 11.8. The molecule has 0 saturated heterocycles. The molecule has 0 radical (unpaired) electrons. The molecule has 0 N–H and O–H groups in total. The van der Waals surface area contributed by atoms with E-state index >= 15 is 0 Å². The van der Waals surface area contributed by atoms with Crippen molar-refractivity contribution in [2.24, 2.45) is 0 Å². The van der Waals surface area contributed by atoms with E-state index in [9.17, 15) is 43.9 Å². The van der Waals surface area contributed by atoms with Crippen molar-refractivity contribution in [2.75, 3.05) is 39.6 Å². The Balaban J connectivity index is 0.000000234. The fourth-order valence-electron chi connectivity index (χ4n) is 6.00. The van der Waals surface area contributed by atoms with Crippen molar-refractivity contribution < 1.29 is 72.3 Å². The Labute approximate surface area is 418 Å². The highest BCUT2D eigenvalue weighted by molar-refractivity contribution is 6.33. The molecule has 0 aliphatic rings. The molecule has 6 nitrogen and oxygen atoms in total. The predicted molar refractivity (Wildman–Crippen MR) is 259 cm³/mol. The first-order valence-electron chi connectivity index (χ1n) is 20.8. The van der Waals surface area contributed by atoms with Gasteiger partial charge in [0.05, 0.1) is 5.02 Å². The molecule has 378 valence electrons. The van der Waals surface area contributed by atoms with E-state index in [-0.39, 0.29) is 106 Å². The van der Waals surface area contributed by atoms with Crippen LogP contribution < -0.4 is 28.4 Å². The highest BCUT2D eigenvalue weighted by atomic mass is 35.5. The second-order valence-corrected chi connectivity index (χ2v) is 14.8. The summed E-state index contributed by atoms with van der Waals surface area (Å²) in [6.45, 7) is 20.8. The zero-order valence-electron chi connectivity index (χ0n) is 37.9. The smallest absolute Gasteiger partial charge is 0.201 e. The number of rotatable bonds is 21. The lowest BCUT2D eigenvalue weighted by atomic mass is 10.0. The van der Waals surface area contributed by atoms with Crippen LogP contribution >= 0.6 is 23.2 Å². The van der Waals surface area contributed by atoms with E-state index < -0.39 is 69.3 Å². The molecule has 0 unspecified atom stereocenters. The highest BCUT2D eigenvalue weighted by Gasteiger charge is 2.24. The van der Waals surface area contributed by atoms with Crippen LogP contribution in [0.3, 0.4) is 0 Å². The number of ether oxygens (including phenoxy) is 6. The number of hydrogen-bond acceptors (Lipinski definition) is 6. The molecule has 0 amide bonds. The average Bonchev–Trinajstić information content (AvgIpc) is 3.38. The van der Waals surface area contributed by atoms with Crippen molar-refractivity contribution in [2.45, 2.75) is 0 Å². The minimum atomic E-state index is -1.34. The maximum absolute atomic E-state index is 14.4. The topological polar surface area (TPSA) is 55.4 Å². The summed E-state index contributed by atoms with van der Waals surface area (Å²) in [6.07, 6.45) is 8.44. The van der Waals surface area contributed by atoms with E-state index in [1.165, 1.54) is 85.0 Å². The predicted octanol–water partition coefficient (Wildman–Crippen LogP) is 16.1. The van der Waals surface area contributed by atoms with Gasteiger partial charge in [0.25, 0.3) is 0 Å². The zero-order valence-corrected chi connectivity index (χ0v) is 39.4. The third-order valence-corrected chi connectivity index (χ3v) is 10.0. The molecule has 6 aromatic carbocycles. The van der Waals surface area contributed by atoms with E-state index in [0.717, 1.165) is 24.3 Å². The molecule has 0 heterocycles. The third-order valence-electron chi connectivity index (χ3n) is 9.29. The van der Waals surface area contributed by atoms with Gasteiger partial charge in [0.15, 0.2) is 63.7 Å². The summed E-state index contributed by atoms with van der Waals surface area (Å²) in [4.78, 5) is 0. The normalized spacial score (nSPS) is 10.3. The Bertz CT molecular complexity index is 2440. The molecule has 0 fully saturated rings. The van der Waals surface area contributed by atoms with Crippen LogP contribution in [0.5, 0.6) is 34.5 Å². The fraction of sp³-hybridized carbons (Fsp3) is 0.111. The van der Waals surface area contributed by atoms with Crippen LogP contribution in [0.2, 0.25) is 10.0 Å². The maximum atomic E-state index is 14.4. The van der Waals surface area contributed by atoms with Gasteiger partial charge >= 0.3 is 0 Å². The molecule has 0 bridgehead atoms. The Morgan fingerprint density at radius 2 is 0.472 bits per heavy atom. The average molecular weight is 1050 g/mol. The SMILES string of the molecule is C=CCOc1ccc(-c2ccc(OCC=C)c(Cl)c2F)c(F)c1F.C=CCOc1ccc(-c2ccc(OCC=C)c(F)c2Cl)c(F)c1F.C=CCOc1ccc(-c2ccc(OCC=C)c(F)c2F)c(F)c1F. The molecule has 0 spiro atoms. The minimum absolute atomic E-state index is 0.00629. The van der Waals surface area contributed by atoms with E-state index in [2.05, 4.69) is 39.5 Å². The molecule has 6 aromatic rings. The second-order valence-electron chi connectivity index (χ2n) is 14.0. The molecule has 0 aromatic heterocycles. The van der Waals surface area contributed by atoms with Gasteiger partial charge in [0, 0.05) is 33.4 Å². The summed E-state index contributed by atoms with van der Waals surface area (Å²) < 4.78 is 172. The van der Waals surface area contributed by atoms with E-state index in [4.69, 9.17) is 51.6 Å². The van der Waals surface area contributed by atoms with Crippen molar-refractivity contribution in [1.82, 2.24) is 0 Å². The Morgan fingerprint density at radius 3 is 0.750 bits per heavy atom. The van der Waals surface area contributed by atoms with Gasteiger partial charge in [-0.2, -0.15) is 17.6 Å². The van der Waals surface area contributed by atoms with Crippen LogP contribution in [-0.4, -0.2) is 39.6 Å². The molecule has 72 heavy (non-hydrogen) atoms. The van der Waals surface area contributed by atoms with Crippen LogP contribution in [0.15, 0.2) is 149 Å². The Hall–Kier alpha value is -7.56. The first kappa shape index (κ1) is 57.0. The number of halogens is 12. The zero-order chi connectivity index (χ0) is 53.1. The van der Waals surface area contributed by atoms with Crippen LogP contribution in [0.1, 0.15) is 0 Å². The lowest BCUT2D eigenvalue weighted by Gasteiger charge is -2.12. The monoisotopic (exact) mass is 1050 g/mol. The van der Waals surface area contributed by atoms with Gasteiger partial charge in [-0.3, -0.25) is 0 Å². The molecular weight excluding hydrogens is 1010 g/mol. The van der Waals surface area contributed by atoms with Crippen molar-refractivity contribution in [1.29, 1.82) is 0 Å². The van der Waals surface area contributed by atoms with Crippen LogP contribution in [0.4, 0.5) is 43.9 Å². The maximum Gasteiger partial charge on any atom is 0.201 e. The van der Waals surface area contributed by atoms with Crippen molar-refractivity contribution in [3.63, 3.8) is 0 Å². The second kappa shape index (κ2) is 27.7. The third kappa shape index (κ3) is 13.9. The van der Waals surface area contributed by atoms with Crippen LogP contribution in [-0.2, 0) is 0 Å². The quantitative estimate of drug-likeness (QED) is 0.0529. The first-order valence-corrected chi connectivity index (χ1v) is 21.6. The fourth-order valence-corrected chi connectivity index (χ4v) is 6.48. The van der Waals surface area contributed by atoms with Crippen molar-refractivity contribution >= 4 is 23.2 Å². The van der Waals surface area contributed by atoms with Gasteiger partial charge in [-0.15, -0.1) is 0 Å². The Kier molecular flexibility index (Phi) is 22.0.